The number of anilines is 1. The number of piperidine rings is 1. The number of aromatic nitrogens is 1. The van der Waals surface area contributed by atoms with Crippen molar-refractivity contribution in [3.63, 3.8) is 0 Å². The van der Waals surface area contributed by atoms with E-state index in [9.17, 15) is 9.18 Å². The summed E-state index contributed by atoms with van der Waals surface area (Å²) in [4.78, 5) is 18.8. The third kappa shape index (κ3) is 3.28. The van der Waals surface area contributed by atoms with Gasteiger partial charge in [-0.3, -0.25) is 4.79 Å². The standard InChI is InChI=1S/C18H21FN2O2/c1-3-23-18(22)13-5-4-8-21(11-13)17-9-12(2)15-10-14(19)6-7-16(15)20-17/h6-7,9-10,13H,3-5,8,11H2,1-2H3. The summed E-state index contributed by atoms with van der Waals surface area (Å²) in [5.41, 5.74) is 1.77. The average molecular weight is 316 g/mol. The van der Waals surface area contributed by atoms with E-state index in [1.165, 1.54) is 12.1 Å². The number of pyridine rings is 1. The van der Waals surface area contributed by atoms with E-state index in [0.29, 0.717) is 13.2 Å². The maximum atomic E-state index is 13.4. The van der Waals surface area contributed by atoms with Gasteiger partial charge < -0.3 is 9.64 Å². The van der Waals surface area contributed by atoms with E-state index in [1.807, 2.05) is 19.9 Å². The topological polar surface area (TPSA) is 42.4 Å². The van der Waals surface area contributed by atoms with Crippen LogP contribution in [-0.2, 0) is 9.53 Å². The summed E-state index contributed by atoms with van der Waals surface area (Å²) in [7, 11) is 0. The van der Waals surface area contributed by atoms with Crippen LogP contribution in [0.5, 0.6) is 0 Å². The van der Waals surface area contributed by atoms with Gasteiger partial charge in [0.05, 0.1) is 18.0 Å². The number of carbonyl (C=O) groups is 1. The zero-order valence-electron chi connectivity index (χ0n) is 13.5. The largest absolute Gasteiger partial charge is 0.466 e. The molecule has 1 aromatic heterocycles. The van der Waals surface area contributed by atoms with Gasteiger partial charge in [0.15, 0.2) is 0 Å². The molecule has 1 aliphatic rings. The number of aryl methyl sites for hydroxylation is 1. The van der Waals surface area contributed by atoms with E-state index >= 15 is 0 Å². The van der Waals surface area contributed by atoms with E-state index in [4.69, 9.17) is 4.74 Å². The monoisotopic (exact) mass is 316 g/mol. The minimum atomic E-state index is -0.254. The molecule has 0 N–H and O–H groups in total. The van der Waals surface area contributed by atoms with Gasteiger partial charge in [0, 0.05) is 18.5 Å². The van der Waals surface area contributed by atoms with Crippen molar-refractivity contribution < 1.29 is 13.9 Å². The summed E-state index contributed by atoms with van der Waals surface area (Å²) >= 11 is 0. The Morgan fingerprint density at radius 2 is 2.26 bits per heavy atom. The highest BCUT2D eigenvalue weighted by Crippen LogP contribution is 2.27. The zero-order chi connectivity index (χ0) is 16.4. The number of halogens is 1. The van der Waals surface area contributed by atoms with Gasteiger partial charge >= 0.3 is 5.97 Å². The van der Waals surface area contributed by atoms with Crippen LogP contribution in [0.2, 0.25) is 0 Å². The Bertz CT molecular complexity index is 732. The molecular formula is C18H21FN2O2. The van der Waals surface area contributed by atoms with Crippen LogP contribution in [-0.4, -0.2) is 30.6 Å². The van der Waals surface area contributed by atoms with E-state index in [0.717, 1.165) is 41.7 Å². The molecule has 0 amide bonds. The highest BCUT2D eigenvalue weighted by molar-refractivity contribution is 5.84. The number of hydrogen-bond acceptors (Lipinski definition) is 4. The van der Waals surface area contributed by atoms with Crippen LogP contribution >= 0.6 is 0 Å². The molecule has 0 bridgehead atoms. The van der Waals surface area contributed by atoms with Crippen molar-refractivity contribution in [2.45, 2.75) is 26.7 Å². The Hall–Kier alpha value is -2.17. The fourth-order valence-electron chi connectivity index (χ4n) is 3.15. The van der Waals surface area contributed by atoms with Crippen molar-refractivity contribution in [1.29, 1.82) is 0 Å². The van der Waals surface area contributed by atoms with E-state index in [2.05, 4.69) is 9.88 Å². The molecule has 1 unspecified atom stereocenters. The molecule has 122 valence electrons. The lowest BCUT2D eigenvalue weighted by atomic mass is 9.98. The highest BCUT2D eigenvalue weighted by atomic mass is 19.1. The van der Waals surface area contributed by atoms with E-state index < -0.39 is 0 Å². The summed E-state index contributed by atoms with van der Waals surface area (Å²) < 4.78 is 18.5. The number of fused-ring (bicyclic) bond motifs is 1. The van der Waals surface area contributed by atoms with Crippen LogP contribution in [0.25, 0.3) is 10.9 Å². The second-order valence-corrected chi connectivity index (χ2v) is 6.00. The van der Waals surface area contributed by atoms with Crippen molar-refractivity contribution in [3.8, 4) is 0 Å². The Balaban J connectivity index is 1.87. The Morgan fingerprint density at radius 1 is 1.43 bits per heavy atom. The van der Waals surface area contributed by atoms with Crippen LogP contribution in [0, 0.1) is 18.7 Å². The second kappa shape index (κ2) is 6.52. The second-order valence-electron chi connectivity index (χ2n) is 6.00. The van der Waals surface area contributed by atoms with Crippen molar-refractivity contribution >= 4 is 22.7 Å². The summed E-state index contributed by atoms with van der Waals surface area (Å²) in [5.74, 6) is 0.359. The van der Waals surface area contributed by atoms with Crippen molar-refractivity contribution in [3.05, 3.63) is 35.6 Å². The van der Waals surface area contributed by atoms with Crippen LogP contribution < -0.4 is 4.90 Å². The van der Waals surface area contributed by atoms with Gasteiger partial charge in [0.25, 0.3) is 0 Å². The summed E-state index contributed by atoms with van der Waals surface area (Å²) in [5, 5.41) is 0.827. The predicted octanol–water partition coefficient (Wildman–Crippen LogP) is 3.46. The lowest BCUT2D eigenvalue weighted by Gasteiger charge is -2.32. The first-order chi connectivity index (χ1) is 11.1. The summed E-state index contributed by atoms with van der Waals surface area (Å²) in [6, 6.07) is 6.61. The molecule has 0 radical (unpaired) electrons. The zero-order valence-corrected chi connectivity index (χ0v) is 13.5. The molecule has 2 aromatic rings. The van der Waals surface area contributed by atoms with E-state index in [-0.39, 0.29) is 17.7 Å². The van der Waals surface area contributed by atoms with Crippen molar-refractivity contribution in [2.24, 2.45) is 5.92 Å². The van der Waals surface area contributed by atoms with Crippen LogP contribution in [0.4, 0.5) is 10.2 Å². The minimum Gasteiger partial charge on any atom is -0.466 e. The first-order valence-corrected chi connectivity index (χ1v) is 8.07. The smallest absolute Gasteiger partial charge is 0.310 e. The highest BCUT2D eigenvalue weighted by Gasteiger charge is 2.27. The number of carbonyl (C=O) groups excluding carboxylic acids is 1. The molecule has 4 nitrogen and oxygen atoms in total. The fraction of sp³-hybridized carbons (Fsp3) is 0.444. The molecule has 2 heterocycles. The molecule has 1 aromatic carbocycles. The van der Waals surface area contributed by atoms with Gasteiger partial charge in [0.1, 0.15) is 11.6 Å². The number of esters is 1. The number of hydrogen-bond donors (Lipinski definition) is 0. The number of nitrogens with zero attached hydrogens (tertiary/aromatic N) is 2. The van der Waals surface area contributed by atoms with Gasteiger partial charge in [-0.1, -0.05) is 0 Å². The normalized spacial score (nSPS) is 18.2. The molecule has 0 spiro atoms. The maximum Gasteiger partial charge on any atom is 0.310 e. The quantitative estimate of drug-likeness (QED) is 0.813. The molecule has 0 saturated carbocycles. The van der Waals surface area contributed by atoms with Gasteiger partial charge in [-0.15, -0.1) is 0 Å². The molecule has 0 aliphatic carbocycles. The van der Waals surface area contributed by atoms with Gasteiger partial charge in [0.2, 0.25) is 0 Å². The summed E-state index contributed by atoms with van der Waals surface area (Å²) in [6.07, 6.45) is 1.79. The first kappa shape index (κ1) is 15.7. The van der Waals surface area contributed by atoms with Crippen LogP contribution in [0.1, 0.15) is 25.3 Å². The third-order valence-electron chi connectivity index (χ3n) is 4.33. The minimum absolute atomic E-state index is 0.102. The fourth-order valence-corrected chi connectivity index (χ4v) is 3.15. The van der Waals surface area contributed by atoms with Crippen molar-refractivity contribution in [1.82, 2.24) is 4.98 Å². The molecule has 23 heavy (non-hydrogen) atoms. The van der Waals surface area contributed by atoms with Crippen LogP contribution in [0.15, 0.2) is 24.3 Å². The van der Waals surface area contributed by atoms with Gasteiger partial charge in [-0.25, -0.2) is 9.37 Å². The lowest BCUT2D eigenvalue weighted by Crippen LogP contribution is -2.39. The molecule has 5 heteroatoms. The Morgan fingerprint density at radius 3 is 3.04 bits per heavy atom. The molecule has 1 fully saturated rings. The average Bonchev–Trinajstić information content (AvgIpc) is 2.56. The Labute approximate surface area is 135 Å². The molecule has 1 atom stereocenters. The molecule has 1 saturated heterocycles. The lowest BCUT2D eigenvalue weighted by molar-refractivity contribution is -0.148. The molecule has 1 aliphatic heterocycles. The SMILES string of the molecule is CCOC(=O)C1CCCN(c2cc(C)c3cc(F)ccc3n2)C1. The number of benzene rings is 1. The summed E-state index contributed by atoms with van der Waals surface area (Å²) in [6.45, 7) is 5.69. The molecule has 3 rings (SSSR count). The van der Waals surface area contributed by atoms with Gasteiger partial charge in [-0.2, -0.15) is 0 Å². The van der Waals surface area contributed by atoms with Crippen LogP contribution in [0.3, 0.4) is 0 Å². The van der Waals surface area contributed by atoms with E-state index in [1.54, 1.807) is 6.07 Å². The number of rotatable bonds is 3. The predicted molar refractivity (Wildman–Crippen MR) is 88.0 cm³/mol. The third-order valence-corrected chi connectivity index (χ3v) is 4.33. The first-order valence-electron chi connectivity index (χ1n) is 8.07. The van der Waals surface area contributed by atoms with Gasteiger partial charge in [-0.05, 0) is 56.5 Å². The van der Waals surface area contributed by atoms with Crippen molar-refractivity contribution in [2.75, 3.05) is 24.6 Å². The molecular weight excluding hydrogens is 295 g/mol. The maximum absolute atomic E-state index is 13.4. The Kier molecular flexibility index (Phi) is 4.46. The number of ether oxygens (including phenoxy) is 1.